The number of aliphatic carboxylic acids is 1. The van der Waals surface area contributed by atoms with Crippen LogP contribution in [0.5, 0.6) is 0 Å². The van der Waals surface area contributed by atoms with Gasteiger partial charge in [0.15, 0.2) is 0 Å². The SMILES string of the molecule is Cc1ccc(C(C(=O)O)N2CCCC2)cc1. The molecule has 3 heteroatoms. The summed E-state index contributed by atoms with van der Waals surface area (Å²) in [5, 5.41) is 9.31. The van der Waals surface area contributed by atoms with Gasteiger partial charge in [-0.3, -0.25) is 9.69 Å². The third-order valence-electron chi connectivity index (χ3n) is 3.13. The number of nitrogens with zero attached hydrogens (tertiary/aromatic N) is 1. The van der Waals surface area contributed by atoms with E-state index in [-0.39, 0.29) is 0 Å². The van der Waals surface area contributed by atoms with Crippen molar-refractivity contribution in [1.82, 2.24) is 4.90 Å². The average Bonchev–Trinajstić information content (AvgIpc) is 2.74. The Labute approximate surface area is 95.7 Å². The van der Waals surface area contributed by atoms with Crippen molar-refractivity contribution in [2.24, 2.45) is 0 Å². The molecule has 0 aromatic heterocycles. The maximum Gasteiger partial charge on any atom is 0.325 e. The molecule has 1 aliphatic heterocycles. The number of rotatable bonds is 3. The van der Waals surface area contributed by atoms with Crippen molar-refractivity contribution in [1.29, 1.82) is 0 Å². The van der Waals surface area contributed by atoms with Crippen molar-refractivity contribution in [3.8, 4) is 0 Å². The Morgan fingerprint density at radius 1 is 1.25 bits per heavy atom. The lowest BCUT2D eigenvalue weighted by molar-refractivity contribution is -0.143. The van der Waals surface area contributed by atoms with Gasteiger partial charge in [0.1, 0.15) is 6.04 Å². The van der Waals surface area contributed by atoms with Crippen LogP contribution in [0.25, 0.3) is 0 Å². The largest absolute Gasteiger partial charge is 0.480 e. The fraction of sp³-hybridized carbons (Fsp3) is 0.462. The zero-order chi connectivity index (χ0) is 11.5. The van der Waals surface area contributed by atoms with E-state index in [1.165, 1.54) is 0 Å². The highest BCUT2D eigenvalue weighted by atomic mass is 16.4. The molecule has 2 rings (SSSR count). The molecule has 1 aliphatic rings. The van der Waals surface area contributed by atoms with Crippen LogP contribution in [-0.4, -0.2) is 29.1 Å². The van der Waals surface area contributed by atoms with Gasteiger partial charge in [0.25, 0.3) is 0 Å². The van der Waals surface area contributed by atoms with Crippen molar-refractivity contribution in [3.63, 3.8) is 0 Å². The fourth-order valence-corrected chi connectivity index (χ4v) is 2.26. The molecular formula is C13H17NO2. The van der Waals surface area contributed by atoms with E-state index in [2.05, 4.69) is 0 Å². The lowest BCUT2D eigenvalue weighted by Crippen LogP contribution is -2.31. The second-order valence-corrected chi connectivity index (χ2v) is 4.39. The van der Waals surface area contributed by atoms with Crippen molar-refractivity contribution in [3.05, 3.63) is 35.4 Å². The summed E-state index contributed by atoms with van der Waals surface area (Å²) in [5.74, 6) is -0.745. The van der Waals surface area contributed by atoms with Gasteiger partial charge in [-0.05, 0) is 38.4 Å². The molecule has 1 atom stereocenters. The first-order chi connectivity index (χ1) is 7.68. The molecule has 0 radical (unpaired) electrons. The Bertz CT molecular complexity index is 366. The van der Waals surface area contributed by atoms with Crippen LogP contribution >= 0.6 is 0 Å². The Balaban J connectivity index is 2.24. The molecule has 1 fully saturated rings. The molecule has 1 aromatic rings. The van der Waals surface area contributed by atoms with Crippen LogP contribution in [0.3, 0.4) is 0 Å². The lowest BCUT2D eigenvalue weighted by atomic mass is 10.0. The van der Waals surface area contributed by atoms with Gasteiger partial charge >= 0.3 is 5.97 Å². The summed E-state index contributed by atoms with van der Waals surface area (Å²) >= 11 is 0. The van der Waals surface area contributed by atoms with E-state index in [4.69, 9.17) is 0 Å². The van der Waals surface area contributed by atoms with Crippen molar-refractivity contribution in [2.75, 3.05) is 13.1 Å². The normalized spacial score (nSPS) is 18.6. The zero-order valence-electron chi connectivity index (χ0n) is 9.52. The van der Waals surface area contributed by atoms with E-state index in [0.717, 1.165) is 37.1 Å². The van der Waals surface area contributed by atoms with Gasteiger partial charge in [-0.2, -0.15) is 0 Å². The Morgan fingerprint density at radius 3 is 2.31 bits per heavy atom. The predicted molar refractivity (Wildman–Crippen MR) is 62.4 cm³/mol. The van der Waals surface area contributed by atoms with E-state index in [0.29, 0.717) is 0 Å². The van der Waals surface area contributed by atoms with Crippen LogP contribution in [0.1, 0.15) is 30.0 Å². The highest BCUT2D eigenvalue weighted by Gasteiger charge is 2.29. The Kier molecular flexibility index (Phi) is 3.25. The Morgan fingerprint density at radius 2 is 1.81 bits per heavy atom. The van der Waals surface area contributed by atoms with E-state index >= 15 is 0 Å². The molecule has 0 saturated carbocycles. The second-order valence-electron chi connectivity index (χ2n) is 4.39. The number of benzene rings is 1. The summed E-state index contributed by atoms with van der Waals surface area (Å²) in [6, 6.07) is 7.32. The highest BCUT2D eigenvalue weighted by molar-refractivity contribution is 5.75. The van der Waals surface area contributed by atoms with Gasteiger partial charge in [0, 0.05) is 0 Å². The summed E-state index contributed by atoms with van der Waals surface area (Å²) < 4.78 is 0. The van der Waals surface area contributed by atoms with Gasteiger partial charge in [0.05, 0.1) is 0 Å². The summed E-state index contributed by atoms with van der Waals surface area (Å²) in [5.41, 5.74) is 2.05. The molecule has 3 nitrogen and oxygen atoms in total. The zero-order valence-corrected chi connectivity index (χ0v) is 9.52. The quantitative estimate of drug-likeness (QED) is 0.847. The minimum absolute atomic E-state index is 0.469. The highest BCUT2D eigenvalue weighted by Crippen LogP contribution is 2.25. The van der Waals surface area contributed by atoms with Crippen molar-refractivity contribution in [2.45, 2.75) is 25.8 Å². The monoisotopic (exact) mass is 219 g/mol. The minimum atomic E-state index is -0.745. The summed E-state index contributed by atoms with van der Waals surface area (Å²) in [4.78, 5) is 13.4. The van der Waals surface area contributed by atoms with Crippen LogP contribution in [-0.2, 0) is 4.79 Å². The number of aryl methyl sites for hydroxylation is 1. The molecule has 1 unspecified atom stereocenters. The van der Waals surface area contributed by atoms with Crippen molar-refractivity contribution >= 4 is 5.97 Å². The fourth-order valence-electron chi connectivity index (χ4n) is 2.26. The number of carboxylic acids is 1. The molecule has 1 heterocycles. The van der Waals surface area contributed by atoms with Gasteiger partial charge in [-0.15, -0.1) is 0 Å². The predicted octanol–water partition coefficient (Wildman–Crippen LogP) is 2.22. The first kappa shape index (κ1) is 11.1. The first-order valence-corrected chi connectivity index (χ1v) is 5.72. The molecule has 0 bridgehead atoms. The molecule has 1 saturated heterocycles. The Hall–Kier alpha value is -1.35. The van der Waals surface area contributed by atoms with Crippen LogP contribution in [0, 0.1) is 6.92 Å². The van der Waals surface area contributed by atoms with Crippen LogP contribution in [0.15, 0.2) is 24.3 Å². The second kappa shape index (κ2) is 4.66. The first-order valence-electron chi connectivity index (χ1n) is 5.72. The molecule has 1 aromatic carbocycles. The van der Waals surface area contributed by atoms with Gasteiger partial charge < -0.3 is 5.11 Å². The standard InChI is InChI=1S/C13H17NO2/c1-10-4-6-11(7-5-10)12(13(15)16)14-8-2-3-9-14/h4-7,12H,2-3,8-9H2,1H3,(H,15,16). The molecular weight excluding hydrogens is 202 g/mol. The lowest BCUT2D eigenvalue weighted by Gasteiger charge is -2.24. The maximum atomic E-state index is 11.3. The van der Waals surface area contributed by atoms with Gasteiger partial charge in [-0.25, -0.2) is 0 Å². The van der Waals surface area contributed by atoms with Crippen LogP contribution in [0.2, 0.25) is 0 Å². The van der Waals surface area contributed by atoms with Crippen LogP contribution < -0.4 is 0 Å². The number of likely N-dealkylation sites (tertiary alicyclic amines) is 1. The van der Waals surface area contributed by atoms with E-state index in [9.17, 15) is 9.90 Å². The minimum Gasteiger partial charge on any atom is -0.480 e. The smallest absolute Gasteiger partial charge is 0.325 e. The maximum absolute atomic E-state index is 11.3. The number of carboxylic acid groups (broad SMARTS) is 1. The van der Waals surface area contributed by atoms with Crippen molar-refractivity contribution < 1.29 is 9.90 Å². The molecule has 86 valence electrons. The third-order valence-corrected chi connectivity index (χ3v) is 3.13. The average molecular weight is 219 g/mol. The van der Waals surface area contributed by atoms with E-state index in [1.54, 1.807) is 0 Å². The number of hydrogen-bond acceptors (Lipinski definition) is 2. The molecule has 16 heavy (non-hydrogen) atoms. The summed E-state index contributed by atoms with van der Waals surface area (Å²) in [7, 11) is 0. The molecule has 0 amide bonds. The topological polar surface area (TPSA) is 40.5 Å². The van der Waals surface area contributed by atoms with Gasteiger partial charge in [0.2, 0.25) is 0 Å². The molecule has 0 spiro atoms. The van der Waals surface area contributed by atoms with E-state index in [1.807, 2.05) is 36.1 Å². The number of hydrogen-bond donors (Lipinski definition) is 1. The van der Waals surface area contributed by atoms with Crippen LogP contribution in [0.4, 0.5) is 0 Å². The third kappa shape index (κ3) is 2.25. The summed E-state index contributed by atoms with van der Waals surface area (Å²) in [6.45, 7) is 3.80. The number of carbonyl (C=O) groups is 1. The molecule has 0 aliphatic carbocycles. The summed E-state index contributed by atoms with van der Waals surface area (Å²) in [6.07, 6.45) is 2.21. The van der Waals surface area contributed by atoms with Gasteiger partial charge in [-0.1, -0.05) is 29.8 Å². The van der Waals surface area contributed by atoms with E-state index < -0.39 is 12.0 Å². The molecule has 1 N–H and O–H groups in total.